The molecule has 1 unspecified atom stereocenters. The molecule has 2 fully saturated rings. The number of halogens is 1. The zero-order chi connectivity index (χ0) is 19.8. The van der Waals surface area contributed by atoms with Crippen LogP contribution in [0.4, 0.5) is 0 Å². The Morgan fingerprint density at radius 1 is 1.34 bits per heavy atom. The van der Waals surface area contributed by atoms with Crippen LogP contribution in [-0.2, 0) is 4.79 Å². The van der Waals surface area contributed by atoms with E-state index in [-0.39, 0.29) is 36.2 Å². The van der Waals surface area contributed by atoms with Crippen molar-refractivity contribution < 1.29 is 14.1 Å². The lowest BCUT2D eigenvalue weighted by molar-refractivity contribution is -0.135. The number of nitrogens with one attached hydrogen (secondary N) is 1. The summed E-state index contributed by atoms with van der Waals surface area (Å²) >= 11 is 0. The van der Waals surface area contributed by atoms with Crippen LogP contribution in [0.15, 0.2) is 10.6 Å². The molecule has 2 aromatic heterocycles. The Labute approximate surface area is 176 Å². The van der Waals surface area contributed by atoms with E-state index in [0.29, 0.717) is 42.8 Å². The first-order chi connectivity index (χ1) is 13.5. The van der Waals surface area contributed by atoms with E-state index in [9.17, 15) is 9.59 Å². The number of hydrogen-bond donors (Lipinski definition) is 1. The number of likely N-dealkylation sites (tertiary alicyclic amines) is 1. The number of piperidine rings is 1. The number of piperazine rings is 1. The summed E-state index contributed by atoms with van der Waals surface area (Å²) in [5.41, 5.74) is 2.50. The third-order valence-electron chi connectivity index (χ3n) is 5.63. The minimum atomic E-state index is -0.0344. The average Bonchev–Trinajstić information content (AvgIpc) is 3.11. The quantitative estimate of drug-likeness (QED) is 0.816. The van der Waals surface area contributed by atoms with Crippen molar-refractivity contribution in [2.75, 3.05) is 32.7 Å². The number of aromatic nitrogens is 2. The fourth-order valence-electron chi connectivity index (χ4n) is 4.23. The fourth-order valence-corrected chi connectivity index (χ4v) is 4.23. The molecular formula is C20H28ClN5O3. The van der Waals surface area contributed by atoms with Gasteiger partial charge in [0.05, 0.1) is 23.2 Å². The summed E-state index contributed by atoms with van der Waals surface area (Å²) in [6.07, 6.45) is 1.83. The highest BCUT2D eigenvalue weighted by Gasteiger charge is 2.33. The van der Waals surface area contributed by atoms with E-state index in [1.807, 2.05) is 36.6 Å². The van der Waals surface area contributed by atoms with Crippen LogP contribution in [0.2, 0.25) is 0 Å². The molecule has 0 aromatic carbocycles. The van der Waals surface area contributed by atoms with E-state index in [0.717, 1.165) is 30.8 Å². The van der Waals surface area contributed by atoms with E-state index in [4.69, 9.17) is 4.52 Å². The van der Waals surface area contributed by atoms with Gasteiger partial charge in [-0.3, -0.25) is 9.59 Å². The van der Waals surface area contributed by atoms with Gasteiger partial charge in [0.2, 0.25) is 5.91 Å². The van der Waals surface area contributed by atoms with Crippen molar-refractivity contribution in [3.63, 3.8) is 0 Å². The minimum Gasteiger partial charge on any atom is -0.337 e. The predicted octanol–water partition coefficient (Wildman–Crippen LogP) is 2.11. The van der Waals surface area contributed by atoms with E-state index < -0.39 is 0 Å². The van der Waals surface area contributed by atoms with Crippen molar-refractivity contribution in [2.45, 2.75) is 45.6 Å². The van der Waals surface area contributed by atoms with Crippen LogP contribution in [0.3, 0.4) is 0 Å². The van der Waals surface area contributed by atoms with Gasteiger partial charge >= 0.3 is 0 Å². The summed E-state index contributed by atoms with van der Waals surface area (Å²) in [6.45, 7) is 9.05. The highest BCUT2D eigenvalue weighted by atomic mass is 35.5. The molecule has 0 spiro atoms. The lowest BCUT2D eigenvalue weighted by atomic mass is 9.99. The monoisotopic (exact) mass is 421 g/mol. The van der Waals surface area contributed by atoms with Crippen LogP contribution in [0.25, 0.3) is 11.1 Å². The summed E-state index contributed by atoms with van der Waals surface area (Å²) < 4.78 is 5.41. The third kappa shape index (κ3) is 4.09. The zero-order valence-corrected chi connectivity index (χ0v) is 17.9. The molecule has 2 aliphatic heterocycles. The second-order valence-electron chi connectivity index (χ2n) is 8.02. The minimum absolute atomic E-state index is 0. The molecule has 158 valence electrons. The number of hydrogen-bond acceptors (Lipinski definition) is 6. The van der Waals surface area contributed by atoms with Crippen molar-refractivity contribution in [1.82, 2.24) is 25.3 Å². The molecule has 2 saturated heterocycles. The van der Waals surface area contributed by atoms with Gasteiger partial charge < -0.3 is 19.6 Å². The molecule has 4 rings (SSSR count). The lowest BCUT2D eigenvalue weighted by Gasteiger charge is -2.41. The van der Waals surface area contributed by atoms with Gasteiger partial charge in [-0.2, -0.15) is 0 Å². The standard InChI is InChI=1S/C20H27N5O3.ClH/c1-12(2)18-17-15(9-13(3)22-19(17)28-23-18)20(27)24-7-4-5-14(11-24)25-8-6-21-10-16(25)26;/h9,12,14,21H,4-8,10-11H2,1-3H3;1H. The van der Waals surface area contributed by atoms with Gasteiger partial charge in [-0.25, -0.2) is 4.98 Å². The molecule has 0 saturated carbocycles. The van der Waals surface area contributed by atoms with Crippen LogP contribution in [-0.4, -0.2) is 70.5 Å². The van der Waals surface area contributed by atoms with Crippen LogP contribution in [0, 0.1) is 6.92 Å². The summed E-state index contributed by atoms with van der Waals surface area (Å²) in [5.74, 6) is 0.214. The molecule has 2 aliphatic rings. The topological polar surface area (TPSA) is 91.6 Å². The Bertz CT molecular complexity index is 913. The van der Waals surface area contributed by atoms with Gasteiger partial charge in [0, 0.05) is 37.9 Å². The molecule has 1 N–H and O–H groups in total. The Kier molecular flexibility index (Phi) is 6.43. The first-order valence-corrected chi connectivity index (χ1v) is 10.0. The molecule has 29 heavy (non-hydrogen) atoms. The van der Waals surface area contributed by atoms with Crippen molar-refractivity contribution in [3.8, 4) is 0 Å². The van der Waals surface area contributed by atoms with Crippen LogP contribution in [0.5, 0.6) is 0 Å². The number of rotatable bonds is 3. The molecule has 4 heterocycles. The summed E-state index contributed by atoms with van der Waals surface area (Å²) in [6, 6.07) is 1.91. The fraction of sp³-hybridized carbons (Fsp3) is 0.600. The number of fused-ring (bicyclic) bond motifs is 1. The van der Waals surface area contributed by atoms with Crippen LogP contribution in [0.1, 0.15) is 54.4 Å². The molecule has 8 nitrogen and oxygen atoms in total. The van der Waals surface area contributed by atoms with Crippen molar-refractivity contribution in [3.05, 3.63) is 23.0 Å². The molecular weight excluding hydrogens is 394 g/mol. The smallest absolute Gasteiger partial charge is 0.259 e. The maximum absolute atomic E-state index is 13.5. The van der Waals surface area contributed by atoms with Gasteiger partial charge in [0.1, 0.15) is 0 Å². The highest BCUT2D eigenvalue weighted by Crippen LogP contribution is 2.29. The summed E-state index contributed by atoms with van der Waals surface area (Å²) in [5, 5.41) is 7.98. The number of nitrogens with zero attached hydrogens (tertiary/aromatic N) is 4. The Balaban J connectivity index is 0.00000240. The SMILES string of the molecule is Cc1cc(C(=O)N2CCCC(N3CCNCC3=O)C2)c2c(C(C)C)noc2n1.Cl. The molecule has 9 heteroatoms. The molecule has 2 aromatic rings. The lowest BCUT2D eigenvalue weighted by Crippen LogP contribution is -2.57. The average molecular weight is 422 g/mol. The Morgan fingerprint density at radius 2 is 2.14 bits per heavy atom. The summed E-state index contributed by atoms with van der Waals surface area (Å²) in [4.78, 5) is 33.9. The predicted molar refractivity (Wildman–Crippen MR) is 111 cm³/mol. The van der Waals surface area contributed by atoms with E-state index in [1.54, 1.807) is 0 Å². The van der Waals surface area contributed by atoms with E-state index >= 15 is 0 Å². The van der Waals surface area contributed by atoms with Crippen molar-refractivity contribution >= 4 is 35.3 Å². The number of pyridine rings is 1. The van der Waals surface area contributed by atoms with Crippen molar-refractivity contribution in [2.24, 2.45) is 0 Å². The number of carbonyl (C=O) groups excluding carboxylic acids is 2. The van der Waals surface area contributed by atoms with Gasteiger partial charge in [-0.15, -0.1) is 12.4 Å². The van der Waals surface area contributed by atoms with Gasteiger partial charge in [-0.05, 0) is 31.7 Å². The first-order valence-electron chi connectivity index (χ1n) is 10.0. The zero-order valence-electron chi connectivity index (χ0n) is 17.1. The Hall–Kier alpha value is -2.19. The van der Waals surface area contributed by atoms with Crippen LogP contribution >= 0.6 is 12.4 Å². The van der Waals surface area contributed by atoms with E-state index in [1.165, 1.54) is 0 Å². The first kappa shape index (κ1) is 21.5. The molecule has 1 atom stereocenters. The van der Waals surface area contributed by atoms with Crippen molar-refractivity contribution in [1.29, 1.82) is 0 Å². The largest absolute Gasteiger partial charge is 0.337 e. The maximum Gasteiger partial charge on any atom is 0.259 e. The van der Waals surface area contributed by atoms with Gasteiger partial charge in [0.15, 0.2) is 0 Å². The second kappa shape index (κ2) is 8.67. The van der Waals surface area contributed by atoms with Crippen LogP contribution < -0.4 is 5.32 Å². The number of carbonyl (C=O) groups is 2. The maximum atomic E-state index is 13.5. The van der Waals surface area contributed by atoms with Gasteiger partial charge in [-0.1, -0.05) is 19.0 Å². The molecule has 2 amide bonds. The molecule has 0 radical (unpaired) electrons. The summed E-state index contributed by atoms with van der Waals surface area (Å²) in [7, 11) is 0. The second-order valence-corrected chi connectivity index (χ2v) is 8.02. The third-order valence-corrected chi connectivity index (χ3v) is 5.63. The normalized spacial score (nSPS) is 20.3. The number of aryl methyl sites for hydroxylation is 1. The Morgan fingerprint density at radius 3 is 2.86 bits per heavy atom. The number of amides is 2. The molecule has 0 aliphatic carbocycles. The molecule has 0 bridgehead atoms. The van der Waals surface area contributed by atoms with Gasteiger partial charge in [0.25, 0.3) is 11.6 Å². The van der Waals surface area contributed by atoms with E-state index in [2.05, 4.69) is 15.5 Å². The highest BCUT2D eigenvalue weighted by molar-refractivity contribution is 6.06.